The van der Waals surface area contributed by atoms with Crippen molar-refractivity contribution < 1.29 is 9.59 Å². The standard InChI is InChI=1S/C11H21N3O2/c12-7-3-1-2-4-10(15)13-8-9-5-6-11(16)14-9/h9H,1-8,12H2,(H,13,15)(H,14,16). The van der Waals surface area contributed by atoms with Gasteiger partial charge in [-0.3, -0.25) is 9.59 Å². The molecule has 0 saturated carbocycles. The Labute approximate surface area is 96.1 Å². The molecule has 1 saturated heterocycles. The molecule has 0 bridgehead atoms. The van der Waals surface area contributed by atoms with E-state index in [-0.39, 0.29) is 17.9 Å². The zero-order valence-corrected chi connectivity index (χ0v) is 9.63. The molecule has 0 aromatic rings. The van der Waals surface area contributed by atoms with Gasteiger partial charge in [-0.25, -0.2) is 0 Å². The Morgan fingerprint density at radius 2 is 2.25 bits per heavy atom. The number of hydrogen-bond acceptors (Lipinski definition) is 3. The molecule has 0 spiro atoms. The van der Waals surface area contributed by atoms with Crippen molar-refractivity contribution in [3.8, 4) is 0 Å². The molecule has 5 heteroatoms. The van der Waals surface area contributed by atoms with Gasteiger partial charge in [0, 0.05) is 25.4 Å². The zero-order valence-electron chi connectivity index (χ0n) is 9.63. The molecule has 1 unspecified atom stereocenters. The minimum absolute atomic E-state index is 0.0678. The lowest BCUT2D eigenvalue weighted by molar-refractivity contribution is -0.122. The van der Waals surface area contributed by atoms with E-state index in [1.807, 2.05) is 0 Å². The normalized spacial score (nSPS) is 19.6. The Morgan fingerprint density at radius 1 is 1.44 bits per heavy atom. The Kier molecular flexibility index (Phi) is 5.85. The quantitative estimate of drug-likeness (QED) is 0.531. The molecule has 1 aliphatic rings. The van der Waals surface area contributed by atoms with E-state index < -0.39 is 0 Å². The first kappa shape index (κ1) is 13.0. The molecule has 1 fully saturated rings. The van der Waals surface area contributed by atoms with Crippen LogP contribution in [0.15, 0.2) is 0 Å². The van der Waals surface area contributed by atoms with Crippen molar-refractivity contribution in [1.29, 1.82) is 0 Å². The number of carbonyl (C=O) groups is 2. The lowest BCUT2D eigenvalue weighted by Gasteiger charge is -2.11. The van der Waals surface area contributed by atoms with E-state index in [4.69, 9.17) is 5.73 Å². The van der Waals surface area contributed by atoms with Crippen molar-refractivity contribution >= 4 is 11.8 Å². The fraction of sp³-hybridized carbons (Fsp3) is 0.818. The van der Waals surface area contributed by atoms with E-state index >= 15 is 0 Å². The fourth-order valence-corrected chi connectivity index (χ4v) is 1.76. The first-order valence-electron chi connectivity index (χ1n) is 5.98. The maximum Gasteiger partial charge on any atom is 0.220 e. The van der Waals surface area contributed by atoms with Gasteiger partial charge in [0.05, 0.1) is 0 Å². The highest BCUT2D eigenvalue weighted by atomic mass is 16.2. The highest BCUT2D eigenvalue weighted by Gasteiger charge is 2.20. The molecule has 1 atom stereocenters. The van der Waals surface area contributed by atoms with Gasteiger partial charge in [-0.2, -0.15) is 0 Å². The smallest absolute Gasteiger partial charge is 0.220 e. The topological polar surface area (TPSA) is 84.2 Å². The molecule has 16 heavy (non-hydrogen) atoms. The fourth-order valence-electron chi connectivity index (χ4n) is 1.76. The van der Waals surface area contributed by atoms with Gasteiger partial charge in [0.15, 0.2) is 0 Å². The minimum atomic E-state index is 0.0678. The maximum absolute atomic E-state index is 11.4. The first-order valence-corrected chi connectivity index (χ1v) is 5.98. The van der Waals surface area contributed by atoms with Crippen LogP contribution in [0.4, 0.5) is 0 Å². The van der Waals surface area contributed by atoms with Gasteiger partial charge in [-0.1, -0.05) is 6.42 Å². The van der Waals surface area contributed by atoms with E-state index in [1.54, 1.807) is 0 Å². The van der Waals surface area contributed by atoms with Crippen LogP contribution in [0.25, 0.3) is 0 Å². The molecule has 0 aliphatic carbocycles. The van der Waals surface area contributed by atoms with Gasteiger partial charge >= 0.3 is 0 Å². The monoisotopic (exact) mass is 227 g/mol. The number of hydrogen-bond donors (Lipinski definition) is 3. The van der Waals surface area contributed by atoms with Crippen LogP contribution in [-0.4, -0.2) is 30.9 Å². The van der Waals surface area contributed by atoms with Gasteiger partial charge in [0.1, 0.15) is 0 Å². The van der Waals surface area contributed by atoms with Gasteiger partial charge in [0.2, 0.25) is 11.8 Å². The molecule has 5 nitrogen and oxygen atoms in total. The maximum atomic E-state index is 11.4. The summed E-state index contributed by atoms with van der Waals surface area (Å²) in [4.78, 5) is 22.3. The summed E-state index contributed by atoms with van der Waals surface area (Å²) in [7, 11) is 0. The van der Waals surface area contributed by atoms with Gasteiger partial charge in [-0.05, 0) is 25.8 Å². The van der Waals surface area contributed by atoms with Crippen molar-refractivity contribution in [2.45, 2.75) is 44.6 Å². The molecular weight excluding hydrogens is 206 g/mol. The van der Waals surface area contributed by atoms with Crippen molar-refractivity contribution in [3.63, 3.8) is 0 Å². The molecule has 0 aromatic carbocycles. The Hall–Kier alpha value is -1.10. The zero-order chi connectivity index (χ0) is 11.8. The number of amides is 2. The Bertz CT molecular complexity index is 243. The molecule has 1 rings (SSSR count). The molecular formula is C11H21N3O2. The summed E-state index contributed by atoms with van der Waals surface area (Å²) in [5.41, 5.74) is 5.36. The van der Waals surface area contributed by atoms with Crippen LogP contribution in [0.1, 0.15) is 38.5 Å². The van der Waals surface area contributed by atoms with E-state index in [0.717, 1.165) is 25.7 Å². The number of carbonyl (C=O) groups excluding carboxylic acids is 2. The summed E-state index contributed by atoms with van der Waals surface area (Å²) in [6.45, 7) is 1.25. The van der Waals surface area contributed by atoms with Gasteiger partial charge < -0.3 is 16.4 Å². The highest BCUT2D eigenvalue weighted by molar-refractivity contribution is 5.79. The van der Waals surface area contributed by atoms with Crippen LogP contribution in [0.3, 0.4) is 0 Å². The molecule has 92 valence electrons. The lowest BCUT2D eigenvalue weighted by atomic mass is 10.2. The number of nitrogens with one attached hydrogen (secondary N) is 2. The second-order valence-electron chi connectivity index (χ2n) is 4.21. The van der Waals surface area contributed by atoms with Gasteiger partial charge in [-0.15, -0.1) is 0 Å². The van der Waals surface area contributed by atoms with E-state index in [9.17, 15) is 9.59 Å². The van der Waals surface area contributed by atoms with E-state index in [2.05, 4.69) is 10.6 Å². The molecule has 1 heterocycles. The summed E-state index contributed by atoms with van der Waals surface area (Å²) in [5, 5.41) is 5.65. The average molecular weight is 227 g/mol. The van der Waals surface area contributed by atoms with Crippen LogP contribution in [0, 0.1) is 0 Å². The van der Waals surface area contributed by atoms with Crippen LogP contribution < -0.4 is 16.4 Å². The third-order valence-electron chi connectivity index (χ3n) is 2.74. The minimum Gasteiger partial charge on any atom is -0.354 e. The molecule has 4 N–H and O–H groups in total. The van der Waals surface area contributed by atoms with Crippen LogP contribution >= 0.6 is 0 Å². The summed E-state index contributed by atoms with van der Waals surface area (Å²) >= 11 is 0. The average Bonchev–Trinajstić information content (AvgIpc) is 2.68. The number of nitrogens with two attached hydrogens (primary N) is 1. The summed E-state index contributed by atoms with van der Waals surface area (Å²) in [5.74, 6) is 0.153. The predicted octanol–water partition coefficient (Wildman–Crippen LogP) is -0.0997. The lowest BCUT2D eigenvalue weighted by Crippen LogP contribution is -2.38. The molecule has 0 aromatic heterocycles. The van der Waals surface area contributed by atoms with Crippen molar-refractivity contribution in [2.75, 3.05) is 13.1 Å². The van der Waals surface area contributed by atoms with Crippen LogP contribution in [0.5, 0.6) is 0 Å². The Balaban J connectivity index is 1.99. The summed E-state index contributed by atoms with van der Waals surface area (Å²) < 4.78 is 0. The van der Waals surface area contributed by atoms with Crippen LogP contribution in [-0.2, 0) is 9.59 Å². The molecule has 1 aliphatic heterocycles. The largest absolute Gasteiger partial charge is 0.354 e. The number of rotatable bonds is 7. The van der Waals surface area contributed by atoms with E-state index in [1.165, 1.54) is 0 Å². The molecule has 2 amide bonds. The van der Waals surface area contributed by atoms with Crippen molar-refractivity contribution in [3.05, 3.63) is 0 Å². The molecule has 0 radical (unpaired) electrons. The third kappa shape index (κ3) is 5.11. The highest BCUT2D eigenvalue weighted by Crippen LogP contribution is 2.05. The predicted molar refractivity (Wildman–Crippen MR) is 61.7 cm³/mol. The second kappa shape index (κ2) is 7.22. The second-order valence-corrected chi connectivity index (χ2v) is 4.21. The summed E-state index contributed by atoms with van der Waals surface area (Å²) in [6.07, 6.45) is 4.83. The van der Waals surface area contributed by atoms with Gasteiger partial charge in [0.25, 0.3) is 0 Å². The SMILES string of the molecule is NCCCCCC(=O)NCC1CCC(=O)N1. The first-order chi connectivity index (χ1) is 7.72. The van der Waals surface area contributed by atoms with Crippen LogP contribution in [0.2, 0.25) is 0 Å². The Morgan fingerprint density at radius 3 is 2.88 bits per heavy atom. The van der Waals surface area contributed by atoms with E-state index in [0.29, 0.717) is 25.9 Å². The summed E-state index contributed by atoms with van der Waals surface area (Å²) in [6, 6.07) is 0.125. The number of unbranched alkanes of at least 4 members (excludes halogenated alkanes) is 2. The van der Waals surface area contributed by atoms with Crippen molar-refractivity contribution in [2.24, 2.45) is 5.73 Å². The van der Waals surface area contributed by atoms with Crippen molar-refractivity contribution in [1.82, 2.24) is 10.6 Å². The third-order valence-corrected chi connectivity index (χ3v) is 2.74.